The third-order valence-corrected chi connectivity index (χ3v) is 6.33. The molecule has 0 aliphatic rings. The smallest absolute Gasteiger partial charge is 0.426 e. The predicted molar refractivity (Wildman–Crippen MR) is 106 cm³/mol. The van der Waals surface area contributed by atoms with Gasteiger partial charge in [0.25, 0.3) is 15.9 Å². The van der Waals surface area contributed by atoms with Crippen LogP contribution in [0.4, 0.5) is 24.5 Å². The monoisotopic (exact) mass is 486 g/mol. The molecule has 0 aliphatic heterocycles. The summed E-state index contributed by atoms with van der Waals surface area (Å²) in [4.78, 5) is 11.3. The van der Waals surface area contributed by atoms with Crippen LogP contribution in [0.25, 0.3) is 0 Å². The lowest BCUT2D eigenvalue weighted by Gasteiger charge is -2.25. The van der Waals surface area contributed by atoms with E-state index in [2.05, 4.69) is 4.72 Å². The second kappa shape index (κ2) is 8.50. The first-order valence-electron chi connectivity index (χ1n) is 7.96. The highest BCUT2D eigenvalue weighted by atomic mass is 35.5. The number of alkyl halides is 3. The SMILES string of the molecule is COc1ccccc1NS(=O)(=O)c1ccc(NC(=O)C(C)(O)C(F)(F)F)c(Cl)c1Cl. The van der Waals surface area contributed by atoms with Gasteiger partial charge in [0.2, 0.25) is 5.60 Å². The minimum atomic E-state index is -5.25. The summed E-state index contributed by atoms with van der Waals surface area (Å²) in [6, 6.07) is 7.99. The van der Waals surface area contributed by atoms with E-state index >= 15 is 0 Å². The quantitative estimate of drug-likeness (QED) is 0.571. The fraction of sp³-hybridized carbons (Fsp3) is 0.235. The summed E-state index contributed by atoms with van der Waals surface area (Å²) in [5.74, 6) is -1.60. The van der Waals surface area contributed by atoms with E-state index in [0.29, 0.717) is 0 Å². The minimum absolute atomic E-state index is 0.103. The van der Waals surface area contributed by atoms with Crippen LogP contribution >= 0.6 is 23.2 Å². The summed E-state index contributed by atoms with van der Waals surface area (Å²) < 4.78 is 71.0. The van der Waals surface area contributed by atoms with Crippen molar-refractivity contribution in [1.82, 2.24) is 0 Å². The van der Waals surface area contributed by atoms with E-state index < -0.39 is 48.3 Å². The number of halogens is 5. The Morgan fingerprint density at radius 2 is 1.67 bits per heavy atom. The van der Waals surface area contributed by atoms with Crippen LogP contribution in [0.15, 0.2) is 41.3 Å². The largest absolute Gasteiger partial charge is 0.495 e. The highest BCUT2D eigenvalue weighted by Gasteiger charge is 2.55. The topological polar surface area (TPSA) is 105 Å². The first-order chi connectivity index (χ1) is 13.7. The maximum atomic E-state index is 12.8. The number of anilines is 2. The van der Waals surface area contributed by atoms with Crippen LogP contribution in [-0.4, -0.2) is 38.3 Å². The molecule has 2 rings (SSSR count). The van der Waals surface area contributed by atoms with E-state index in [-0.39, 0.29) is 18.4 Å². The Hall–Kier alpha value is -2.21. The number of sulfonamides is 1. The summed E-state index contributed by atoms with van der Waals surface area (Å²) in [5, 5.41) is 10.1. The zero-order valence-electron chi connectivity index (χ0n) is 15.3. The average molecular weight is 487 g/mol. The number of carbonyl (C=O) groups excluding carboxylic acids is 1. The van der Waals surface area contributed by atoms with Gasteiger partial charge < -0.3 is 15.2 Å². The summed E-state index contributed by atoms with van der Waals surface area (Å²) in [6.07, 6.45) is -5.25. The third kappa shape index (κ3) is 4.75. The van der Waals surface area contributed by atoms with Crippen molar-refractivity contribution in [2.75, 3.05) is 17.1 Å². The highest BCUT2D eigenvalue weighted by molar-refractivity contribution is 7.92. The van der Waals surface area contributed by atoms with Crippen molar-refractivity contribution in [1.29, 1.82) is 0 Å². The van der Waals surface area contributed by atoms with Crippen LogP contribution in [0.5, 0.6) is 5.75 Å². The van der Waals surface area contributed by atoms with E-state index in [4.69, 9.17) is 27.9 Å². The fourth-order valence-electron chi connectivity index (χ4n) is 2.14. The number of ether oxygens (including phenoxy) is 1. The Bertz CT molecular complexity index is 1080. The van der Waals surface area contributed by atoms with Crippen LogP contribution < -0.4 is 14.8 Å². The normalized spacial score (nSPS) is 14.0. The molecule has 2 aromatic rings. The first-order valence-corrected chi connectivity index (χ1v) is 10.2. The Morgan fingerprint density at radius 3 is 2.23 bits per heavy atom. The Balaban J connectivity index is 2.37. The van der Waals surface area contributed by atoms with Crippen molar-refractivity contribution in [3.8, 4) is 5.75 Å². The van der Waals surface area contributed by atoms with Gasteiger partial charge in [-0.05, 0) is 31.2 Å². The molecule has 1 unspecified atom stereocenters. The van der Waals surface area contributed by atoms with Gasteiger partial charge in [-0.2, -0.15) is 13.2 Å². The van der Waals surface area contributed by atoms with Crippen molar-refractivity contribution in [2.45, 2.75) is 23.6 Å². The molecule has 0 aromatic heterocycles. The van der Waals surface area contributed by atoms with Crippen LogP contribution in [0.2, 0.25) is 10.0 Å². The third-order valence-electron chi connectivity index (χ3n) is 3.93. The molecule has 1 amide bonds. The van der Waals surface area contributed by atoms with Gasteiger partial charge in [0, 0.05) is 0 Å². The van der Waals surface area contributed by atoms with Gasteiger partial charge >= 0.3 is 6.18 Å². The van der Waals surface area contributed by atoms with Gasteiger partial charge in [-0.25, -0.2) is 8.42 Å². The number of rotatable bonds is 6. The maximum absolute atomic E-state index is 12.8. The molecule has 30 heavy (non-hydrogen) atoms. The summed E-state index contributed by atoms with van der Waals surface area (Å²) >= 11 is 11.9. The van der Waals surface area contributed by atoms with E-state index in [9.17, 15) is 31.5 Å². The van der Waals surface area contributed by atoms with Crippen LogP contribution in [0.1, 0.15) is 6.92 Å². The number of hydrogen-bond acceptors (Lipinski definition) is 5. The van der Waals surface area contributed by atoms with E-state index in [1.807, 2.05) is 0 Å². The number of hydrogen-bond donors (Lipinski definition) is 3. The molecule has 0 saturated carbocycles. The van der Waals surface area contributed by atoms with Gasteiger partial charge in [0.15, 0.2) is 0 Å². The average Bonchev–Trinajstić information content (AvgIpc) is 2.64. The number of amides is 1. The molecule has 0 bridgehead atoms. The molecule has 3 N–H and O–H groups in total. The molecular formula is C17H15Cl2F3N2O5S. The van der Waals surface area contributed by atoms with Gasteiger partial charge in [0.1, 0.15) is 10.6 Å². The zero-order chi connectivity index (χ0) is 22.9. The molecule has 0 spiro atoms. The maximum Gasteiger partial charge on any atom is 0.426 e. The molecule has 0 aliphatic carbocycles. The number of methoxy groups -OCH3 is 1. The van der Waals surface area contributed by atoms with Gasteiger partial charge in [-0.3, -0.25) is 9.52 Å². The Labute approximate surface area is 179 Å². The van der Waals surface area contributed by atoms with Gasteiger partial charge in [-0.1, -0.05) is 35.3 Å². The van der Waals surface area contributed by atoms with Crippen molar-refractivity contribution >= 4 is 50.5 Å². The number of aliphatic hydroxyl groups is 1. The minimum Gasteiger partial charge on any atom is -0.495 e. The number of nitrogens with one attached hydrogen (secondary N) is 2. The van der Waals surface area contributed by atoms with Crippen LogP contribution in [0.3, 0.4) is 0 Å². The lowest BCUT2D eigenvalue weighted by Crippen LogP contribution is -2.52. The molecule has 13 heteroatoms. The molecule has 0 saturated heterocycles. The van der Waals surface area contributed by atoms with E-state index in [0.717, 1.165) is 12.1 Å². The molecular weight excluding hydrogens is 472 g/mol. The standard InChI is InChI=1S/C17H15Cl2F3N2O5S/c1-16(26,17(20,21)22)15(25)23-10-7-8-12(14(19)13(10)18)30(27,28)24-9-5-3-4-6-11(9)29-2/h3-8,24,26H,1-2H3,(H,23,25). The van der Waals surface area contributed by atoms with Crippen molar-refractivity contribution < 1.29 is 36.2 Å². The van der Waals surface area contributed by atoms with Gasteiger partial charge in [-0.15, -0.1) is 0 Å². The first kappa shape index (κ1) is 24.1. The van der Waals surface area contributed by atoms with Crippen LogP contribution in [-0.2, 0) is 14.8 Å². The second-order valence-corrected chi connectivity index (χ2v) is 8.48. The summed E-state index contributed by atoms with van der Waals surface area (Å²) in [7, 11) is -2.95. The number of benzene rings is 2. The number of carbonyl (C=O) groups is 1. The van der Waals surface area contributed by atoms with E-state index in [1.54, 1.807) is 17.4 Å². The molecule has 0 radical (unpaired) electrons. The summed E-state index contributed by atoms with van der Waals surface area (Å²) in [5.41, 5.74) is -4.03. The molecule has 7 nitrogen and oxygen atoms in total. The lowest BCUT2D eigenvalue weighted by atomic mass is 10.1. The summed E-state index contributed by atoms with van der Waals surface area (Å²) in [6.45, 7) is 0.258. The molecule has 0 heterocycles. The fourth-order valence-corrected chi connectivity index (χ4v) is 4.03. The molecule has 0 fully saturated rings. The van der Waals surface area contributed by atoms with Crippen LogP contribution in [0, 0.1) is 0 Å². The lowest BCUT2D eigenvalue weighted by molar-refractivity contribution is -0.242. The Kier molecular flexibility index (Phi) is 6.82. The molecule has 1 atom stereocenters. The van der Waals surface area contributed by atoms with Crippen molar-refractivity contribution in [2.24, 2.45) is 0 Å². The highest BCUT2D eigenvalue weighted by Crippen LogP contribution is 2.38. The van der Waals surface area contributed by atoms with Crippen molar-refractivity contribution in [3.63, 3.8) is 0 Å². The second-order valence-electron chi connectivity index (χ2n) is 6.07. The van der Waals surface area contributed by atoms with Gasteiger partial charge in [0.05, 0.1) is 28.5 Å². The Morgan fingerprint density at radius 1 is 1.07 bits per heavy atom. The zero-order valence-corrected chi connectivity index (χ0v) is 17.7. The van der Waals surface area contributed by atoms with Crippen molar-refractivity contribution in [3.05, 3.63) is 46.4 Å². The predicted octanol–water partition coefficient (Wildman–Crippen LogP) is 4.05. The number of para-hydroxylation sites is 2. The molecule has 2 aromatic carbocycles. The molecule has 164 valence electrons. The van der Waals surface area contributed by atoms with E-state index in [1.165, 1.54) is 19.2 Å².